The summed E-state index contributed by atoms with van der Waals surface area (Å²) in [7, 11) is 0. The lowest BCUT2D eigenvalue weighted by molar-refractivity contribution is -0.576. The molecule has 0 unspecified atom stereocenters. The fraction of sp³-hybridized carbons (Fsp3) is 0. The van der Waals surface area contributed by atoms with Crippen molar-refractivity contribution in [3.05, 3.63) is 78.3 Å². The highest BCUT2D eigenvalue weighted by atomic mass is 16.5. The van der Waals surface area contributed by atoms with Gasteiger partial charge in [0, 0.05) is 17.6 Å². The first kappa shape index (κ1) is 11.9. The fourth-order valence-corrected chi connectivity index (χ4v) is 2.76. The summed E-state index contributed by atoms with van der Waals surface area (Å²) in [6.45, 7) is 0. The van der Waals surface area contributed by atoms with Crippen molar-refractivity contribution >= 4 is 21.8 Å². The van der Waals surface area contributed by atoms with Gasteiger partial charge in [0.2, 0.25) is 0 Å². The van der Waals surface area contributed by atoms with E-state index in [9.17, 15) is 5.21 Å². The van der Waals surface area contributed by atoms with Gasteiger partial charge < -0.3 is 5.21 Å². The highest BCUT2D eigenvalue weighted by molar-refractivity contribution is 6.08. The van der Waals surface area contributed by atoms with E-state index in [1.54, 1.807) is 12.3 Å². The molecule has 0 saturated carbocycles. The van der Waals surface area contributed by atoms with Gasteiger partial charge in [-0.15, -0.1) is 0 Å². The predicted octanol–water partition coefficient (Wildman–Crippen LogP) is 3.69. The van der Waals surface area contributed by atoms with E-state index in [0.29, 0.717) is 5.52 Å². The number of fused-ring (bicyclic) bond motifs is 3. The molecule has 4 aromatic rings. The van der Waals surface area contributed by atoms with Crippen molar-refractivity contribution in [2.45, 2.75) is 0 Å². The molecule has 2 aromatic heterocycles. The van der Waals surface area contributed by atoms with Crippen LogP contribution in [0.25, 0.3) is 32.9 Å². The Hall–Kier alpha value is -2.94. The first-order chi connectivity index (χ1) is 10.3. The molecule has 0 spiro atoms. The van der Waals surface area contributed by atoms with E-state index < -0.39 is 0 Å². The SMILES string of the molecule is [O-][n+]1cccc2c(-c3ccccc3)cc3cccnc3c21. The van der Waals surface area contributed by atoms with Gasteiger partial charge in [-0.2, -0.15) is 4.73 Å². The van der Waals surface area contributed by atoms with Gasteiger partial charge in [-0.25, -0.2) is 4.98 Å². The molecule has 0 atom stereocenters. The van der Waals surface area contributed by atoms with Crippen LogP contribution in [0.3, 0.4) is 0 Å². The van der Waals surface area contributed by atoms with Gasteiger partial charge >= 0.3 is 0 Å². The van der Waals surface area contributed by atoms with Crippen LogP contribution in [0.1, 0.15) is 0 Å². The molecule has 0 saturated heterocycles. The van der Waals surface area contributed by atoms with Crippen LogP contribution in [0.5, 0.6) is 0 Å². The van der Waals surface area contributed by atoms with Crippen molar-refractivity contribution in [2.24, 2.45) is 0 Å². The zero-order valence-electron chi connectivity index (χ0n) is 11.2. The number of rotatable bonds is 1. The molecule has 100 valence electrons. The Morgan fingerprint density at radius 3 is 2.62 bits per heavy atom. The summed E-state index contributed by atoms with van der Waals surface area (Å²) in [5.41, 5.74) is 3.51. The van der Waals surface area contributed by atoms with Gasteiger partial charge in [-0.3, -0.25) is 0 Å². The third-order valence-corrected chi connectivity index (χ3v) is 3.70. The standard InChI is InChI=1S/C18H12N2O/c21-20-11-5-9-15-16(13-6-2-1-3-7-13)12-14-8-4-10-19-17(14)18(15)20/h1-12H. The summed E-state index contributed by atoms with van der Waals surface area (Å²) >= 11 is 0. The average molecular weight is 272 g/mol. The van der Waals surface area contributed by atoms with E-state index in [1.165, 1.54) is 6.20 Å². The van der Waals surface area contributed by atoms with Crippen molar-refractivity contribution in [3.63, 3.8) is 0 Å². The number of benzene rings is 2. The first-order valence-corrected chi connectivity index (χ1v) is 6.79. The molecule has 2 aromatic carbocycles. The lowest BCUT2D eigenvalue weighted by atomic mass is 9.98. The number of hydrogen-bond acceptors (Lipinski definition) is 2. The van der Waals surface area contributed by atoms with Crippen LogP contribution >= 0.6 is 0 Å². The van der Waals surface area contributed by atoms with Gasteiger partial charge in [-0.05, 0) is 29.3 Å². The second-order valence-corrected chi connectivity index (χ2v) is 4.96. The van der Waals surface area contributed by atoms with Gasteiger partial charge in [0.1, 0.15) is 5.52 Å². The Labute approximate surface area is 121 Å². The summed E-state index contributed by atoms with van der Waals surface area (Å²) in [5, 5.41) is 14.1. The van der Waals surface area contributed by atoms with Gasteiger partial charge in [0.15, 0.2) is 6.20 Å². The summed E-state index contributed by atoms with van der Waals surface area (Å²) < 4.78 is 0.900. The Morgan fingerprint density at radius 1 is 0.905 bits per heavy atom. The molecule has 0 aliphatic carbocycles. The lowest BCUT2D eigenvalue weighted by Gasteiger charge is -2.09. The molecule has 4 rings (SSSR count). The second kappa shape index (κ2) is 4.56. The first-order valence-electron chi connectivity index (χ1n) is 6.79. The molecular weight excluding hydrogens is 260 g/mol. The van der Waals surface area contributed by atoms with Gasteiger partial charge in [-0.1, -0.05) is 36.4 Å². The van der Waals surface area contributed by atoms with Crippen molar-refractivity contribution in [2.75, 3.05) is 0 Å². The van der Waals surface area contributed by atoms with Gasteiger partial charge in [0.05, 0.1) is 5.39 Å². The summed E-state index contributed by atoms with van der Waals surface area (Å²) in [4.78, 5) is 4.38. The van der Waals surface area contributed by atoms with Crippen molar-refractivity contribution < 1.29 is 4.73 Å². The molecule has 3 nitrogen and oxygen atoms in total. The van der Waals surface area contributed by atoms with Crippen LogP contribution in [-0.4, -0.2) is 4.98 Å². The van der Waals surface area contributed by atoms with E-state index in [4.69, 9.17) is 0 Å². The van der Waals surface area contributed by atoms with Crippen molar-refractivity contribution in [1.82, 2.24) is 4.98 Å². The van der Waals surface area contributed by atoms with E-state index in [1.807, 2.05) is 36.4 Å². The minimum Gasteiger partial charge on any atom is -0.618 e. The predicted molar refractivity (Wildman–Crippen MR) is 83.6 cm³/mol. The smallest absolute Gasteiger partial charge is 0.250 e. The Bertz CT molecular complexity index is 949. The third-order valence-electron chi connectivity index (χ3n) is 3.70. The third kappa shape index (κ3) is 1.82. The van der Waals surface area contributed by atoms with E-state index in [-0.39, 0.29) is 0 Å². The molecule has 21 heavy (non-hydrogen) atoms. The van der Waals surface area contributed by atoms with Crippen LogP contribution in [0.15, 0.2) is 73.1 Å². The second-order valence-electron chi connectivity index (χ2n) is 4.96. The van der Waals surface area contributed by atoms with Crippen LogP contribution in [0, 0.1) is 5.21 Å². The molecule has 0 radical (unpaired) electrons. The maximum atomic E-state index is 12.3. The van der Waals surface area contributed by atoms with Crippen LogP contribution in [0.4, 0.5) is 0 Å². The van der Waals surface area contributed by atoms with Crippen LogP contribution in [-0.2, 0) is 0 Å². The van der Waals surface area contributed by atoms with E-state index >= 15 is 0 Å². The monoisotopic (exact) mass is 272 g/mol. The van der Waals surface area contributed by atoms with E-state index in [2.05, 4.69) is 23.2 Å². The molecule has 0 bridgehead atoms. The van der Waals surface area contributed by atoms with Crippen LogP contribution in [0.2, 0.25) is 0 Å². The number of aromatic nitrogens is 2. The van der Waals surface area contributed by atoms with Crippen molar-refractivity contribution in [1.29, 1.82) is 0 Å². The number of nitrogens with zero attached hydrogens (tertiary/aromatic N) is 2. The molecular formula is C18H12N2O. The number of hydrogen-bond donors (Lipinski definition) is 0. The quantitative estimate of drug-likeness (QED) is 0.301. The summed E-state index contributed by atoms with van der Waals surface area (Å²) in [6.07, 6.45) is 3.24. The molecule has 0 fully saturated rings. The van der Waals surface area contributed by atoms with E-state index in [0.717, 1.165) is 32.1 Å². The topological polar surface area (TPSA) is 39.8 Å². The molecule has 0 aliphatic rings. The fourth-order valence-electron chi connectivity index (χ4n) is 2.76. The molecule has 3 heteroatoms. The normalized spacial score (nSPS) is 11.0. The zero-order chi connectivity index (χ0) is 14.2. The molecule has 2 heterocycles. The maximum Gasteiger partial charge on any atom is 0.250 e. The van der Waals surface area contributed by atoms with Gasteiger partial charge in [0.25, 0.3) is 5.52 Å². The van der Waals surface area contributed by atoms with Crippen molar-refractivity contribution in [3.8, 4) is 11.1 Å². The minimum absolute atomic E-state index is 0.620. The van der Waals surface area contributed by atoms with Crippen LogP contribution < -0.4 is 4.73 Å². The largest absolute Gasteiger partial charge is 0.618 e. The maximum absolute atomic E-state index is 12.3. The molecule has 0 N–H and O–H groups in total. The Morgan fingerprint density at radius 2 is 1.76 bits per heavy atom. The molecule has 0 aliphatic heterocycles. The highest BCUT2D eigenvalue weighted by Crippen LogP contribution is 2.31. The average Bonchev–Trinajstić information content (AvgIpc) is 2.55. The summed E-state index contributed by atoms with van der Waals surface area (Å²) in [6, 6.07) is 19.8. The number of pyridine rings is 2. The lowest BCUT2D eigenvalue weighted by Crippen LogP contribution is -2.26. The summed E-state index contributed by atoms with van der Waals surface area (Å²) in [5.74, 6) is 0. The Kier molecular flexibility index (Phi) is 2.57. The highest BCUT2D eigenvalue weighted by Gasteiger charge is 2.15. The Balaban J connectivity index is 2.22. The minimum atomic E-state index is 0.620. The zero-order valence-corrected chi connectivity index (χ0v) is 11.2. The molecule has 0 amide bonds.